The quantitative estimate of drug-likeness (QED) is 0.400. The van der Waals surface area contributed by atoms with E-state index in [4.69, 9.17) is 5.73 Å². The van der Waals surface area contributed by atoms with E-state index in [0.717, 1.165) is 21.9 Å². The van der Waals surface area contributed by atoms with Crippen molar-refractivity contribution in [2.45, 2.75) is 18.8 Å². The van der Waals surface area contributed by atoms with Crippen LogP contribution in [0.2, 0.25) is 0 Å². The molecule has 3 amide bonds. The van der Waals surface area contributed by atoms with E-state index in [-0.39, 0.29) is 43.0 Å². The summed E-state index contributed by atoms with van der Waals surface area (Å²) in [5, 5.41) is 4.74. The normalized spacial score (nSPS) is 13.9. The van der Waals surface area contributed by atoms with Crippen LogP contribution in [0.4, 0.5) is 17.1 Å². The van der Waals surface area contributed by atoms with Crippen LogP contribution in [0.25, 0.3) is 10.8 Å². The first-order valence-corrected chi connectivity index (χ1v) is 10.9. The van der Waals surface area contributed by atoms with E-state index in [9.17, 15) is 14.4 Å². The molecule has 0 saturated heterocycles. The number of fused-ring (bicyclic) bond motifs is 3. The third kappa shape index (κ3) is 4.72. The van der Waals surface area contributed by atoms with Crippen molar-refractivity contribution in [1.29, 1.82) is 0 Å². The van der Waals surface area contributed by atoms with Crippen LogP contribution in [0.3, 0.4) is 0 Å². The number of hydrogen-bond acceptors (Lipinski definition) is 4. The maximum Gasteiger partial charge on any atom is 0.241 e. The molecule has 8 heteroatoms. The van der Waals surface area contributed by atoms with Crippen molar-refractivity contribution < 1.29 is 14.4 Å². The number of amides is 3. The van der Waals surface area contributed by atoms with E-state index >= 15 is 0 Å². The van der Waals surface area contributed by atoms with Crippen LogP contribution in [0.5, 0.6) is 0 Å². The van der Waals surface area contributed by atoms with Crippen LogP contribution in [0, 0.1) is 0 Å². The monoisotopic (exact) mass is 486 g/mol. The Morgan fingerprint density at radius 2 is 1.63 bits per heavy atom. The number of carbonyl (C=O) groups excluding carboxylic acids is 3. The molecule has 4 aromatic rings. The van der Waals surface area contributed by atoms with Crippen LogP contribution in [0.1, 0.15) is 29.9 Å². The molecule has 7 nitrogen and oxygen atoms in total. The molecule has 0 spiro atoms. The van der Waals surface area contributed by atoms with Gasteiger partial charge < -0.3 is 11.1 Å². The Bertz CT molecular complexity index is 1410. The number of nitrogens with one attached hydrogen (secondary N) is 1. The summed E-state index contributed by atoms with van der Waals surface area (Å²) in [6.45, 7) is 0. The summed E-state index contributed by atoms with van der Waals surface area (Å²) in [4.78, 5) is 42.9. The largest absolute Gasteiger partial charge is 0.370 e. The Balaban J connectivity index is 0.00000289. The Kier molecular flexibility index (Phi) is 6.80. The summed E-state index contributed by atoms with van der Waals surface area (Å²) >= 11 is 0. The zero-order valence-corrected chi connectivity index (χ0v) is 19.5. The van der Waals surface area contributed by atoms with E-state index in [1.807, 2.05) is 72.8 Å². The van der Waals surface area contributed by atoms with Gasteiger partial charge in [-0.2, -0.15) is 0 Å². The van der Waals surface area contributed by atoms with Crippen LogP contribution >= 0.6 is 12.4 Å². The average molecular weight is 487 g/mol. The van der Waals surface area contributed by atoms with Crippen molar-refractivity contribution in [1.82, 2.24) is 4.98 Å². The number of pyridine rings is 1. The van der Waals surface area contributed by atoms with Crippen molar-refractivity contribution in [2.75, 3.05) is 10.2 Å². The van der Waals surface area contributed by atoms with Gasteiger partial charge in [-0.05, 0) is 46.8 Å². The molecule has 1 aliphatic heterocycles. The third-order valence-corrected chi connectivity index (χ3v) is 6.04. The Morgan fingerprint density at radius 3 is 2.34 bits per heavy atom. The molecule has 0 aliphatic carbocycles. The van der Waals surface area contributed by atoms with E-state index in [2.05, 4.69) is 10.3 Å². The standard InChI is InChI=1S/C27H22N4O3.ClH/c28-24(32)15-22(19-11-13-29-14-12-19)18-5-8-20(9-6-18)31-23-10-7-17-3-1-2-4-21(17)27(23)30-25(33)16-26(31)34;/h1-14,22H,15-16H2,(H2,28,32)(H,30,33);1H. The number of nitrogens with two attached hydrogens (primary N) is 1. The summed E-state index contributed by atoms with van der Waals surface area (Å²) in [7, 11) is 0. The molecule has 2 heterocycles. The fourth-order valence-electron chi connectivity index (χ4n) is 4.48. The van der Waals surface area contributed by atoms with Crippen molar-refractivity contribution in [3.63, 3.8) is 0 Å². The number of hydrogen-bond donors (Lipinski definition) is 2. The lowest BCUT2D eigenvalue weighted by atomic mass is 9.88. The third-order valence-electron chi connectivity index (χ3n) is 6.04. The molecule has 0 fully saturated rings. The van der Waals surface area contributed by atoms with Crippen molar-refractivity contribution in [3.05, 3.63) is 96.3 Å². The van der Waals surface area contributed by atoms with Gasteiger partial charge in [0.1, 0.15) is 6.42 Å². The highest BCUT2D eigenvalue weighted by Gasteiger charge is 2.29. The van der Waals surface area contributed by atoms with Crippen LogP contribution in [-0.4, -0.2) is 22.7 Å². The molecule has 176 valence electrons. The Hall–Kier alpha value is -4.23. The molecule has 3 aromatic carbocycles. The minimum absolute atomic E-state index is 0. The van der Waals surface area contributed by atoms with Crippen LogP contribution < -0.4 is 16.0 Å². The smallest absolute Gasteiger partial charge is 0.241 e. The number of carbonyl (C=O) groups is 3. The predicted octanol–water partition coefficient (Wildman–Crippen LogP) is 4.67. The summed E-state index contributed by atoms with van der Waals surface area (Å²) in [6, 6.07) is 22.7. The number of anilines is 3. The van der Waals surface area contributed by atoms with Gasteiger partial charge >= 0.3 is 0 Å². The topological polar surface area (TPSA) is 105 Å². The first-order valence-electron chi connectivity index (χ1n) is 10.9. The van der Waals surface area contributed by atoms with Crippen molar-refractivity contribution in [2.24, 2.45) is 5.73 Å². The molecule has 1 aromatic heterocycles. The van der Waals surface area contributed by atoms with Gasteiger partial charge in [0.15, 0.2) is 0 Å². The summed E-state index contributed by atoms with van der Waals surface area (Å²) in [6.07, 6.45) is 3.25. The number of benzene rings is 3. The summed E-state index contributed by atoms with van der Waals surface area (Å²) in [5.74, 6) is -1.30. The molecule has 0 saturated carbocycles. The molecule has 1 atom stereocenters. The fourth-order valence-corrected chi connectivity index (χ4v) is 4.48. The average Bonchev–Trinajstić information content (AvgIpc) is 2.97. The Morgan fingerprint density at radius 1 is 0.943 bits per heavy atom. The van der Waals surface area contributed by atoms with Gasteiger partial charge in [-0.15, -0.1) is 12.4 Å². The second-order valence-electron chi connectivity index (χ2n) is 8.23. The van der Waals surface area contributed by atoms with Gasteiger partial charge in [0.25, 0.3) is 0 Å². The lowest BCUT2D eigenvalue weighted by molar-refractivity contribution is -0.124. The van der Waals surface area contributed by atoms with Crippen molar-refractivity contribution >= 4 is 58.0 Å². The van der Waals surface area contributed by atoms with Gasteiger partial charge in [0.2, 0.25) is 17.7 Å². The summed E-state index contributed by atoms with van der Waals surface area (Å²) in [5.41, 5.74) is 9.20. The second-order valence-corrected chi connectivity index (χ2v) is 8.23. The molecule has 5 rings (SSSR count). The van der Waals surface area contributed by atoms with Gasteiger partial charge in [-0.25, -0.2) is 0 Å². The number of rotatable bonds is 5. The van der Waals surface area contributed by atoms with Gasteiger partial charge in [0, 0.05) is 35.8 Å². The van der Waals surface area contributed by atoms with E-state index in [1.54, 1.807) is 17.3 Å². The number of halogens is 1. The molecule has 35 heavy (non-hydrogen) atoms. The zero-order valence-electron chi connectivity index (χ0n) is 18.7. The Labute approximate surface area is 208 Å². The highest BCUT2D eigenvalue weighted by atomic mass is 35.5. The summed E-state index contributed by atoms with van der Waals surface area (Å²) < 4.78 is 0. The van der Waals surface area contributed by atoms with Gasteiger partial charge in [-0.1, -0.05) is 42.5 Å². The van der Waals surface area contributed by atoms with Gasteiger partial charge in [-0.3, -0.25) is 24.3 Å². The molecule has 1 aliphatic rings. The van der Waals surface area contributed by atoms with Crippen LogP contribution in [0.15, 0.2) is 85.2 Å². The maximum absolute atomic E-state index is 13.1. The SMILES string of the molecule is Cl.NC(=O)CC(c1ccncc1)c1ccc(N2C(=O)CC(=O)Nc3c2ccc2ccccc32)cc1. The minimum atomic E-state index is -0.404. The van der Waals surface area contributed by atoms with E-state index < -0.39 is 5.91 Å². The van der Waals surface area contributed by atoms with Crippen molar-refractivity contribution in [3.8, 4) is 0 Å². The highest BCUT2D eigenvalue weighted by Crippen LogP contribution is 2.40. The number of nitrogens with zero attached hydrogens (tertiary/aromatic N) is 2. The molecule has 0 bridgehead atoms. The van der Waals surface area contributed by atoms with E-state index in [0.29, 0.717) is 17.1 Å². The molecular weight excluding hydrogens is 464 g/mol. The number of aromatic nitrogens is 1. The minimum Gasteiger partial charge on any atom is -0.370 e. The van der Waals surface area contributed by atoms with Crippen LogP contribution in [-0.2, 0) is 14.4 Å². The first kappa shape index (κ1) is 23.9. The van der Waals surface area contributed by atoms with Gasteiger partial charge in [0.05, 0.1) is 11.4 Å². The first-order chi connectivity index (χ1) is 16.5. The number of primary amides is 1. The molecule has 3 N–H and O–H groups in total. The lowest BCUT2D eigenvalue weighted by Crippen LogP contribution is -2.26. The fraction of sp³-hybridized carbons (Fsp3) is 0.111. The highest BCUT2D eigenvalue weighted by molar-refractivity contribution is 6.21. The molecule has 0 radical (unpaired) electrons. The second kappa shape index (κ2) is 9.95. The van der Waals surface area contributed by atoms with E-state index in [1.165, 1.54) is 0 Å². The molecular formula is C27H23ClN4O3. The predicted molar refractivity (Wildman–Crippen MR) is 138 cm³/mol. The molecule has 1 unspecified atom stereocenters. The zero-order chi connectivity index (χ0) is 23.7. The maximum atomic E-state index is 13.1. The lowest BCUT2D eigenvalue weighted by Gasteiger charge is -2.24.